The van der Waals surface area contributed by atoms with Crippen molar-refractivity contribution in [2.24, 2.45) is 0 Å². The van der Waals surface area contributed by atoms with Crippen LogP contribution >= 0.6 is 0 Å². The van der Waals surface area contributed by atoms with Gasteiger partial charge in [-0.25, -0.2) is 14.4 Å². The van der Waals surface area contributed by atoms with Crippen molar-refractivity contribution < 1.29 is 38.1 Å². The van der Waals surface area contributed by atoms with Crippen molar-refractivity contribution in [3.05, 3.63) is 63.6 Å². The van der Waals surface area contributed by atoms with Crippen molar-refractivity contribution in [3.8, 4) is 5.75 Å². The van der Waals surface area contributed by atoms with E-state index in [0.717, 1.165) is 12.0 Å². The minimum atomic E-state index is -0.932. The number of carbonyl (C=O) groups is 3. The number of hydrogen-bond acceptors (Lipinski definition) is 9. The molecule has 1 aromatic carbocycles. The van der Waals surface area contributed by atoms with E-state index in [1.807, 2.05) is 37.3 Å². The monoisotopic (exact) mass is 586 g/mol. The van der Waals surface area contributed by atoms with Crippen LogP contribution in [0.15, 0.2) is 41.3 Å². The Bertz CT molecular complexity index is 1280. The third-order valence-corrected chi connectivity index (χ3v) is 6.55. The van der Waals surface area contributed by atoms with Gasteiger partial charge >= 0.3 is 18.0 Å². The first-order chi connectivity index (χ1) is 20.0. The van der Waals surface area contributed by atoms with Crippen LogP contribution in [0.4, 0.5) is 4.79 Å². The lowest BCUT2D eigenvalue weighted by molar-refractivity contribution is -0.118. The highest BCUT2D eigenvalue weighted by atomic mass is 16.6. The summed E-state index contributed by atoms with van der Waals surface area (Å²) in [5.74, 6) is -2.02. The number of rotatable bonds is 11. The molecule has 0 spiro atoms. The highest BCUT2D eigenvalue weighted by Crippen LogP contribution is 2.32. The molecule has 11 heteroatoms. The lowest BCUT2D eigenvalue weighted by Gasteiger charge is -2.41. The van der Waals surface area contributed by atoms with Crippen molar-refractivity contribution in [1.82, 2.24) is 9.47 Å². The van der Waals surface area contributed by atoms with Crippen LogP contribution in [0.3, 0.4) is 0 Å². The van der Waals surface area contributed by atoms with Crippen molar-refractivity contribution in [1.29, 1.82) is 0 Å². The SMILES string of the molecule is CCCCOc1c(C(=O)OC)n([C@@H](Cc2ccccc2)C2OCCCN2C(=O)OC(C)(C)C)cc(C(=O)OCC)c1=O. The summed E-state index contributed by atoms with van der Waals surface area (Å²) in [7, 11) is 1.20. The molecule has 1 aliphatic rings. The molecule has 0 N–H and O–H groups in total. The van der Waals surface area contributed by atoms with Crippen LogP contribution in [-0.4, -0.2) is 72.8 Å². The van der Waals surface area contributed by atoms with E-state index in [2.05, 4.69) is 0 Å². The number of unbranched alkanes of at least 4 members (excludes halogenated alkanes) is 1. The first kappa shape index (κ1) is 32.7. The summed E-state index contributed by atoms with van der Waals surface area (Å²) in [6.45, 7) is 9.75. The number of carbonyl (C=O) groups excluding carboxylic acids is 3. The number of benzene rings is 1. The van der Waals surface area contributed by atoms with Crippen LogP contribution < -0.4 is 10.2 Å². The van der Waals surface area contributed by atoms with Gasteiger partial charge in [0.2, 0.25) is 5.43 Å². The molecule has 1 aliphatic heterocycles. The number of esters is 2. The molecule has 2 atom stereocenters. The molecule has 1 amide bonds. The number of amides is 1. The number of hydrogen-bond donors (Lipinski definition) is 0. The molecule has 1 fully saturated rings. The summed E-state index contributed by atoms with van der Waals surface area (Å²) >= 11 is 0. The Balaban J connectivity index is 2.31. The van der Waals surface area contributed by atoms with Gasteiger partial charge < -0.3 is 28.3 Å². The van der Waals surface area contributed by atoms with E-state index in [4.69, 9.17) is 23.7 Å². The van der Waals surface area contributed by atoms with Gasteiger partial charge in [-0.3, -0.25) is 9.69 Å². The molecule has 230 valence electrons. The third kappa shape index (κ3) is 8.12. The molecular formula is C31H42N2O9. The average molecular weight is 587 g/mol. The molecule has 0 aliphatic carbocycles. The summed E-state index contributed by atoms with van der Waals surface area (Å²) < 4.78 is 29.6. The minimum Gasteiger partial charge on any atom is -0.487 e. The van der Waals surface area contributed by atoms with Gasteiger partial charge in [0.15, 0.2) is 17.7 Å². The molecule has 42 heavy (non-hydrogen) atoms. The average Bonchev–Trinajstić information content (AvgIpc) is 2.96. The van der Waals surface area contributed by atoms with Gasteiger partial charge in [-0.2, -0.15) is 0 Å². The Kier molecular flexibility index (Phi) is 11.6. The quantitative estimate of drug-likeness (QED) is 0.208. The zero-order valence-corrected chi connectivity index (χ0v) is 25.3. The Hall–Kier alpha value is -3.86. The zero-order chi connectivity index (χ0) is 30.9. The van der Waals surface area contributed by atoms with Crippen LogP contribution in [0.2, 0.25) is 0 Å². The minimum absolute atomic E-state index is 0.0364. The van der Waals surface area contributed by atoms with E-state index in [-0.39, 0.29) is 36.6 Å². The molecule has 2 heterocycles. The van der Waals surface area contributed by atoms with Gasteiger partial charge in [0.05, 0.1) is 33.0 Å². The van der Waals surface area contributed by atoms with Crippen molar-refractivity contribution in [3.63, 3.8) is 0 Å². The fraction of sp³-hybridized carbons (Fsp3) is 0.548. The van der Waals surface area contributed by atoms with Gasteiger partial charge in [0.1, 0.15) is 11.2 Å². The van der Waals surface area contributed by atoms with E-state index < -0.39 is 41.3 Å². The molecule has 1 unspecified atom stereocenters. The predicted molar refractivity (Wildman–Crippen MR) is 155 cm³/mol. The second-order valence-electron chi connectivity index (χ2n) is 10.9. The van der Waals surface area contributed by atoms with Gasteiger partial charge in [-0.1, -0.05) is 43.7 Å². The summed E-state index contributed by atoms with van der Waals surface area (Å²) in [5, 5.41) is 0. The van der Waals surface area contributed by atoms with Crippen LogP contribution in [0, 0.1) is 0 Å². The maximum absolute atomic E-state index is 13.6. The summed E-state index contributed by atoms with van der Waals surface area (Å²) in [6, 6.07) is 8.61. The zero-order valence-electron chi connectivity index (χ0n) is 25.3. The molecule has 1 saturated heterocycles. The second-order valence-corrected chi connectivity index (χ2v) is 10.9. The molecule has 1 aromatic heterocycles. The van der Waals surface area contributed by atoms with Crippen LogP contribution in [-0.2, 0) is 25.4 Å². The highest BCUT2D eigenvalue weighted by molar-refractivity contribution is 5.94. The Labute approximate surface area is 246 Å². The summed E-state index contributed by atoms with van der Waals surface area (Å²) in [4.78, 5) is 54.9. The number of ether oxygens (including phenoxy) is 5. The lowest BCUT2D eigenvalue weighted by Crippen LogP contribution is -2.53. The predicted octanol–water partition coefficient (Wildman–Crippen LogP) is 4.76. The standard InChI is InChI=1S/C31H42N2O9/c1-7-9-17-40-26-24(29(36)38-6)33(20-22(25(26)34)28(35)39-8-2)23(19-21-14-11-10-12-15-21)27-32(16-13-18-41-27)30(37)42-31(3,4)5/h10-12,14-15,20,23,27H,7-9,13,16-19H2,1-6H3/t23-,27?/m0/s1. The summed E-state index contributed by atoms with van der Waals surface area (Å²) in [5.41, 5.74) is -1.19. The van der Waals surface area contributed by atoms with Crippen LogP contribution in [0.25, 0.3) is 0 Å². The Morgan fingerprint density at radius 2 is 1.81 bits per heavy atom. The van der Waals surface area contributed by atoms with Crippen molar-refractivity contribution in [2.45, 2.75) is 78.2 Å². The van der Waals surface area contributed by atoms with Gasteiger partial charge in [-0.05, 0) is 52.5 Å². The molecule has 0 bridgehead atoms. The van der Waals surface area contributed by atoms with Gasteiger partial charge in [0.25, 0.3) is 0 Å². The maximum Gasteiger partial charge on any atom is 0.412 e. The molecular weight excluding hydrogens is 544 g/mol. The fourth-order valence-corrected chi connectivity index (χ4v) is 4.66. The van der Waals surface area contributed by atoms with E-state index in [0.29, 0.717) is 26.0 Å². The van der Waals surface area contributed by atoms with E-state index >= 15 is 0 Å². The number of pyridine rings is 1. The van der Waals surface area contributed by atoms with Crippen LogP contribution in [0.1, 0.15) is 86.3 Å². The van der Waals surface area contributed by atoms with Crippen molar-refractivity contribution >= 4 is 18.0 Å². The molecule has 0 radical (unpaired) electrons. The maximum atomic E-state index is 13.6. The molecule has 3 rings (SSSR count). The molecule has 0 saturated carbocycles. The Morgan fingerprint density at radius 3 is 2.43 bits per heavy atom. The number of nitrogens with zero attached hydrogens (tertiary/aromatic N) is 2. The summed E-state index contributed by atoms with van der Waals surface area (Å²) in [6.07, 6.45) is 1.97. The second kappa shape index (κ2) is 14.9. The largest absolute Gasteiger partial charge is 0.487 e. The number of methoxy groups -OCH3 is 1. The van der Waals surface area contributed by atoms with Crippen molar-refractivity contribution in [2.75, 3.05) is 33.5 Å². The first-order valence-electron chi connectivity index (χ1n) is 14.3. The van der Waals surface area contributed by atoms with E-state index in [1.165, 1.54) is 22.8 Å². The smallest absolute Gasteiger partial charge is 0.412 e. The normalized spacial score (nSPS) is 16.0. The fourth-order valence-electron chi connectivity index (χ4n) is 4.66. The Morgan fingerprint density at radius 1 is 1.10 bits per heavy atom. The van der Waals surface area contributed by atoms with Crippen LogP contribution in [0.5, 0.6) is 5.75 Å². The molecule has 2 aromatic rings. The van der Waals surface area contributed by atoms with E-state index in [9.17, 15) is 19.2 Å². The lowest BCUT2D eigenvalue weighted by atomic mass is 10.0. The van der Waals surface area contributed by atoms with E-state index in [1.54, 1.807) is 27.7 Å². The number of aromatic nitrogens is 1. The third-order valence-electron chi connectivity index (χ3n) is 6.55. The highest BCUT2D eigenvalue weighted by Gasteiger charge is 2.40. The first-order valence-corrected chi connectivity index (χ1v) is 14.3. The topological polar surface area (TPSA) is 123 Å². The van der Waals surface area contributed by atoms with Gasteiger partial charge in [0, 0.05) is 12.7 Å². The van der Waals surface area contributed by atoms with Gasteiger partial charge in [-0.15, -0.1) is 0 Å². The molecule has 11 nitrogen and oxygen atoms in total.